The van der Waals surface area contributed by atoms with Gasteiger partial charge in [-0.25, -0.2) is 4.79 Å². The van der Waals surface area contributed by atoms with Crippen LogP contribution in [0.1, 0.15) is 38.5 Å². The number of carbonyl (C=O) groups is 1. The van der Waals surface area contributed by atoms with Crippen molar-refractivity contribution in [2.75, 3.05) is 5.43 Å². The lowest BCUT2D eigenvalue weighted by atomic mass is 9.53. The molecule has 126 valence electrons. The molecule has 4 bridgehead atoms. The molecular weight excluding hydrogens is 320 g/mol. The number of para-hydroxylation sites is 1. The molecule has 0 unspecified atom stereocenters. The highest BCUT2D eigenvalue weighted by Gasteiger charge is 2.51. The van der Waals surface area contributed by atoms with Crippen molar-refractivity contribution in [3.8, 4) is 0 Å². The van der Waals surface area contributed by atoms with E-state index in [1.165, 1.54) is 31.0 Å². The maximum absolute atomic E-state index is 12.6. The molecule has 1 heterocycles. The first-order valence-electron chi connectivity index (χ1n) is 8.87. The van der Waals surface area contributed by atoms with Crippen molar-refractivity contribution in [3.63, 3.8) is 0 Å². The molecule has 5 nitrogen and oxygen atoms in total. The normalized spacial score (nSPS) is 35.7. The second-order valence-corrected chi connectivity index (χ2v) is 8.93. The van der Waals surface area contributed by atoms with Crippen LogP contribution in [0.15, 0.2) is 34.3 Å². The zero-order valence-corrected chi connectivity index (χ0v) is 14.4. The van der Waals surface area contributed by atoms with Gasteiger partial charge >= 0.3 is 6.03 Å². The van der Waals surface area contributed by atoms with E-state index in [4.69, 9.17) is 0 Å². The first kappa shape index (κ1) is 14.6. The van der Waals surface area contributed by atoms with E-state index in [9.17, 15) is 4.79 Å². The highest BCUT2D eigenvalue weighted by molar-refractivity contribution is 8.14. The van der Waals surface area contributed by atoms with Crippen LogP contribution >= 0.6 is 11.8 Å². The van der Waals surface area contributed by atoms with Crippen LogP contribution in [-0.2, 0) is 0 Å². The SMILES string of the molecule is O=C(NC1=NNc2ccccc2S1)NC12CC3CC(CC(C3)C1)C2. The molecular formula is C18H22N4OS. The van der Waals surface area contributed by atoms with Gasteiger partial charge in [-0.05, 0) is 80.2 Å². The Hall–Kier alpha value is -1.69. The summed E-state index contributed by atoms with van der Waals surface area (Å²) >= 11 is 1.49. The lowest BCUT2D eigenvalue weighted by Gasteiger charge is -2.56. The molecule has 4 aliphatic carbocycles. The third-order valence-electron chi connectivity index (χ3n) is 6.01. The largest absolute Gasteiger partial charge is 0.332 e. The first-order chi connectivity index (χ1) is 11.7. The Balaban J connectivity index is 1.25. The number of thioether (sulfide) groups is 1. The van der Waals surface area contributed by atoms with E-state index >= 15 is 0 Å². The minimum atomic E-state index is -0.107. The van der Waals surface area contributed by atoms with Gasteiger partial charge in [-0.1, -0.05) is 12.1 Å². The zero-order valence-electron chi connectivity index (χ0n) is 13.5. The Kier molecular flexibility index (Phi) is 3.30. The van der Waals surface area contributed by atoms with E-state index in [1.54, 1.807) is 0 Å². The smallest absolute Gasteiger partial charge is 0.321 e. The van der Waals surface area contributed by atoms with E-state index in [0.29, 0.717) is 5.17 Å². The quantitative estimate of drug-likeness (QED) is 0.728. The number of urea groups is 1. The summed E-state index contributed by atoms with van der Waals surface area (Å²) in [5.74, 6) is 2.48. The Morgan fingerprint density at radius 2 is 1.79 bits per heavy atom. The van der Waals surface area contributed by atoms with Gasteiger partial charge in [-0.2, -0.15) is 0 Å². The van der Waals surface area contributed by atoms with Gasteiger partial charge in [0.2, 0.25) is 0 Å². The van der Waals surface area contributed by atoms with Crippen LogP contribution in [0.5, 0.6) is 0 Å². The molecule has 5 aliphatic rings. The van der Waals surface area contributed by atoms with Crippen LogP contribution in [0.4, 0.5) is 10.5 Å². The van der Waals surface area contributed by atoms with Crippen LogP contribution in [0.25, 0.3) is 0 Å². The first-order valence-corrected chi connectivity index (χ1v) is 9.69. The Labute approximate surface area is 146 Å². The summed E-state index contributed by atoms with van der Waals surface area (Å²) < 4.78 is 0. The van der Waals surface area contributed by atoms with Crippen LogP contribution in [-0.4, -0.2) is 16.7 Å². The summed E-state index contributed by atoms with van der Waals surface area (Å²) in [5.41, 5.74) is 4.02. The van der Waals surface area contributed by atoms with Crippen LogP contribution in [0.2, 0.25) is 0 Å². The molecule has 1 aromatic rings. The van der Waals surface area contributed by atoms with Gasteiger partial charge in [0, 0.05) is 10.4 Å². The van der Waals surface area contributed by atoms with Gasteiger partial charge < -0.3 is 5.32 Å². The second kappa shape index (κ2) is 5.41. The number of hydrogen-bond donors (Lipinski definition) is 3. The number of hydrazone groups is 1. The maximum atomic E-state index is 12.6. The van der Waals surface area contributed by atoms with Gasteiger partial charge in [-0.15, -0.1) is 5.10 Å². The number of nitrogens with one attached hydrogen (secondary N) is 3. The fraction of sp³-hybridized carbons (Fsp3) is 0.556. The topological polar surface area (TPSA) is 65.5 Å². The van der Waals surface area contributed by atoms with E-state index in [1.807, 2.05) is 24.3 Å². The van der Waals surface area contributed by atoms with Crippen LogP contribution in [0.3, 0.4) is 0 Å². The fourth-order valence-corrected chi connectivity index (χ4v) is 6.39. The van der Waals surface area contributed by atoms with Crippen molar-refractivity contribution in [1.82, 2.24) is 10.6 Å². The minimum absolute atomic E-state index is 0.0318. The lowest BCUT2D eigenvalue weighted by molar-refractivity contribution is -0.0132. The Morgan fingerprint density at radius 3 is 2.50 bits per heavy atom. The van der Waals surface area contributed by atoms with Gasteiger partial charge in [0.15, 0.2) is 5.17 Å². The molecule has 4 fully saturated rings. The summed E-state index contributed by atoms with van der Waals surface area (Å²) in [4.78, 5) is 13.6. The fourth-order valence-electron chi connectivity index (χ4n) is 5.57. The highest BCUT2D eigenvalue weighted by atomic mass is 32.2. The minimum Gasteiger partial charge on any atom is -0.332 e. The molecule has 24 heavy (non-hydrogen) atoms. The third kappa shape index (κ3) is 2.57. The molecule has 6 heteroatoms. The van der Waals surface area contributed by atoms with Gasteiger partial charge in [0.25, 0.3) is 0 Å². The second-order valence-electron chi connectivity index (χ2n) is 7.90. The number of amidine groups is 1. The van der Waals surface area contributed by atoms with E-state index in [-0.39, 0.29) is 11.6 Å². The zero-order chi connectivity index (χ0) is 16.1. The number of benzene rings is 1. The summed E-state index contributed by atoms with van der Waals surface area (Å²) in [5, 5.41) is 11.1. The van der Waals surface area contributed by atoms with E-state index < -0.39 is 0 Å². The number of hydrogen-bond acceptors (Lipinski definition) is 4. The predicted octanol–water partition coefficient (Wildman–Crippen LogP) is 3.74. The standard InChI is InChI=1S/C18H22N4OS/c23-16(19-17-22-21-14-3-1-2-4-15(14)24-17)20-18-8-11-5-12(9-18)7-13(6-11)10-18/h1-4,11-13,21H,5-10H2,(H2,19,20,22,23). The van der Waals surface area contributed by atoms with Crippen LogP contribution in [0, 0.1) is 17.8 Å². The maximum Gasteiger partial charge on any atom is 0.321 e. The molecule has 2 amide bonds. The molecule has 0 aromatic heterocycles. The van der Waals surface area contributed by atoms with E-state index in [0.717, 1.165) is 47.6 Å². The number of amides is 2. The van der Waals surface area contributed by atoms with E-state index in [2.05, 4.69) is 21.2 Å². The summed E-state index contributed by atoms with van der Waals surface area (Å²) in [6.07, 6.45) is 7.62. The van der Waals surface area contributed by atoms with Gasteiger partial charge in [0.05, 0.1) is 5.69 Å². The van der Waals surface area contributed by atoms with Gasteiger partial charge in [-0.3, -0.25) is 10.7 Å². The van der Waals surface area contributed by atoms with Crippen molar-refractivity contribution in [3.05, 3.63) is 24.3 Å². The summed E-state index contributed by atoms with van der Waals surface area (Å²) in [7, 11) is 0. The summed E-state index contributed by atoms with van der Waals surface area (Å²) in [6, 6.07) is 7.87. The monoisotopic (exact) mass is 342 g/mol. The van der Waals surface area contributed by atoms with Gasteiger partial charge in [0.1, 0.15) is 0 Å². The summed E-state index contributed by atoms with van der Waals surface area (Å²) in [6.45, 7) is 0. The number of carbonyl (C=O) groups excluding carboxylic acids is 1. The van der Waals surface area contributed by atoms with Crippen molar-refractivity contribution < 1.29 is 4.79 Å². The highest BCUT2D eigenvalue weighted by Crippen LogP contribution is 2.55. The van der Waals surface area contributed by atoms with Crippen molar-refractivity contribution in [2.24, 2.45) is 22.9 Å². The van der Waals surface area contributed by atoms with Crippen molar-refractivity contribution >= 4 is 28.6 Å². The molecule has 6 rings (SSSR count). The molecule has 4 saturated carbocycles. The lowest BCUT2D eigenvalue weighted by Crippen LogP contribution is -2.61. The predicted molar refractivity (Wildman–Crippen MR) is 95.9 cm³/mol. The Morgan fingerprint density at radius 1 is 1.12 bits per heavy atom. The van der Waals surface area contributed by atoms with Crippen molar-refractivity contribution in [2.45, 2.75) is 49.0 Å². The Bertz CT molecular complexity index is 681. The molecule has 0 saturated heterocycles. The van der Waals surface area contributed by atoms with Crippen molar-refractivity contribution in [1.29, 1.82) is 0 Å². The molecule has 0 radical (unpaired) electrons. The molecule has 1 aliphatic heterocycles. The average molecular weight is 342 g/mol. The molecule has 1 aromatic carbocycles. The van der Waals surface area contributed by atoms with Crippen LogP contribution < -0.4 is 16.1 Å². The number of anilines is 1. The molecule has 0 atom stereocenters. The number of nitrogens with zero attached hydrogens (tertiary/aromatic N) is 1. The average Bonchev–Trinajstić information content (AvgIpc) is 2.52. The number of fused-ring (bicyclic) bond motifs is 1. The third-order valence-corrected chi connectivity index (χ3v) is 6.97. The number of rotatable bonds is 1. The molecule has 3 N–H and O–H groups in total. The molecule has 0 spiro atoms.